The van der Waals surface area contributed by atoms with Crippen LogP contribution in [0.5, 0.6) is 0 Å². The van der Waals surface area contributed by atoms with Crippen LogP contribution in [-0.4, -0.2) is 0 Å². The van der Waals surface area contributed by atoms with Crippen molar-refractivity contribution < 1.29 is 0 Å². The Morgan fingerprint density at radius 3 is 2.62 bits per heavy atom. The summed E-state index contributed by atoms with van der Waals surface area (Å²) < 4.78 is 0. The highest BCUT2D eigenvalue weighted by atomic mass is 14.7. The predicted molar refractivity (Wildman–Crippen MR) is 59.7 cm³/mol. The third kappa shape index (κ3) is 0.571. The van der Waals surface area contributed by atoms with Crippen molar-refractivity contribution in [1.29, 1.82) is 5.26 Å². The van der Waals surface area contributed by atoms with E-state index in [0.29, 0.717) is 0 Å². The summed E-state index contributed by atoms with van der Waals surface area (Å²) in [5, 5.41) is 9.21. The molecule has 2 saturated carbocycles. The lowest BCUT2D eigenvalue weighted by atomic mass is 9.76. The van der Waals surface area contributed by atoms with Crippen molar-refractivity contribution in [1.82, 2.24) is 0 Å². The number of nitrogens with zero attached hydrogens (tertiary/aromatic N) is 1. The summed E-state index contributed by atoms with van der Waals surface area (Å²) in [5.41, 5.74) is 3.86. The summed E-state index contributed by atoms with van der Waals surface area (Å²) in [6, 6.07) is 8.70. The van der Waals surface area contributed by atoms with E-state index in [-0.39, 0.29) is 0 Å². The second-order valence-corrected chi connectivity index (χ2v) is 5.67. The molecule has 16 heavy (non-hydrogen) atoms. The smallest absolute Gasteiger partial charge is 0.0994 e. The van der Waals surface area contributed by atoms with Gasteiger partial charge in [-0.3, -0.25) is 0 Å². The van der Waals surface area contributed by atoms with Gasteiger partial charge >= 0.3 is 0 Å². The van der Waals surface area contributed by atoms with E-state index in [1.54, 1.807) is 0 Å². The third-order valence-corrected chi connectivity index (χ3v) is 5.36. The standard InChI is InChI=1S/C15H11N/c16-6-7-2-1-3-10-11(7)14-13-9-5-4-8(9)12(10)15(13)14/h1-5,8-9,12-15H/t8-,9-,12-,13+,14+,15-/m0/s1. The maximum atomic E-state index is 9.21. The first-order valence-electron chi connectivity index (χ1n) is 6.13. The Balaban J connectivity index is 1.80. The molecule has 6 atom stereocenters. The molecule has 4 aliphatic carbocycles. The summed E-state index contributed by atoms with van der Waals surface area (Å²) >= 11 is 0. The zero-order valence-electron chi connectivity index (χ0n) is 8.80. The lowest BCUT2D eigenvalue weighted by Gasteiger charge is -2.28. The highest BCUT2D eigenvalue weighted by Crippen LogP contribution is 2.80. The predicted octanol–water partition coefficient (Wildman–Crippen LogP) is 2.80. The van der Waals surface area contributed by atoms with Gasteiger partial charge in [-0.1, -0.05) is 24.3 Å². The first kappa shape index (κ1) is 7.68. The van der Waals surface area contributed by atoms with Crippen molar-refractivity contribution in [3.05, 3.63) is 47.0 Å². The van der Waals surface area contributed by atoms with Gasteiger partial charge < -0.3 is 0 Å². The van der Waals surface area contributed by atoms with E-state index in [1.165, 1.54) is 11.1 Å². The van der Waals surface area contributed by atoms with Crippen molar-refractivity contribution >= 4 is 0 Å². The van der Waals surface area contributed by atoms with Crippen LogP contribution in [0.2, 0.25) is 0 Å². The normalized spacial score (nSPS) is 47.7. The monoisotopic (exact) mass is 205 g/mol. The lowest BCUT2D eigenvalue weighted by molar-refractivity contribution is 0.398. The molecular weight excluding hydrogens is 194 g/mol. The van der Waals surface area contributed by atoms with Crippen LogP contribution >= 0.6 is 0 Å². The molecular formula is C15H11N. The Morgan fingerprint density at radius 1 is 1.00 bits per heavy atom. The molecule has 5 rings (SSSR count). The van der Waals surface area contributed by atoms with Gasteiger partial charge in [0.25, 0.3) is 0 Å². The first-order chi connectivity index (χ1) is 7.92. The fraction of sp³-hybridized carbons (Fsp3) is 0.400. The third-order valence-electron chi connectivity index (χ3n) is 5.36. The van der Waals surface area contributed by atoms with E-state index >= 15 is 0 Å². The summed E-state index contributed by atoms with van der Waals surface area (Å²) in [5.74, 6) is 4.92. The van der Waals surface area contributed by atoms with Gasteiger partial charge in [0.05, 0.1) is 11.6 Å². The number of rotatable bonds is 0. The minimum absolute atomic E-state index is 0.738. The van der Waals surface area contributed by atoms with E-state index < -0.39 is 0 Å². The number of nitriles is 1. The number of allylic oxidation sites excluding steroid dienone is 2. The van der Waals surface area contributed by atoms with Gasteiger partial charge in [-0.05, 0) is 52.7 Å². The maximum Gasteiger partial charge on any atom is 0.0994 e. The van der Waals surface area contributed by atoms with Gasteiger partial charge in [0.15, 0.2) is 0 Å². The molecule has 0 radical (unpaired) electrons. The minimum Gasteiger partial charge on any atom is -0.192 e. The van der Waals surface area contributed by atoms with E-state index in [9.17, 15) is 5.26 Å². The second kappa shape index (κ2) is 2.11. The largest absolute Gasteiger partial charge is 0.192 e. The van der Waals surface area contributed by atoms with Gasteiger partial charge in [-0.2, -0.15) is 5.26 Å². The summed E-state index contributed by atoms with van der Waals surface area (Å²) in [7, 11) is 0. The fourth-order valence-electron chi connectivity index (χ4n) is 4.83. The van der Waals surface area contributed by atoms with Crippen molar-refractivity contribution in [2.24, 2.45) is 23.7 Å². The van der Waals surface area contributed by atoms with Crippen molar-refractivity contribution in [2.75, 3.05) is 0 Å². The number of benzene rings is 1. The lowest BCUT2D eigenvalue weighted by Crippen LogP contribution is -2.19. The molecule has 0 heterocycles. The maximum absolute atomic E-state index is 9.21. The number of hydrogen-bond donors (Lipinski definition) is 0. The minimum atomic E-state index is 0.738. The van der Waals surface area contributed by atoms with Gasteiger partial charge in [0.1, 0.15) is 0 Å². The summed E-state index contributed by atoms with van der Waals surface area (Å²) in [6.45, 7) is 0. The van der Waals surface area contributed by atoms with Crippen LogP contribution in [0, 0.1) is 35.0 Å². The topological polar surface area (TPSA) is 23.8 Å². The van der Waals surface area contributed by atoms with Crippen LogP contribution in [0.1, 0.15) is 28.5 Å². The Kier molecular flexibility index (Phi) is 1.01. The molecule has 1 heteroatoms. The SMILES string of the molecule is N#Cc1cccc2c1[C@H]1[C@H]3[C@H]2[C@H]2C=C[C@@H]2[C@H]13. The first-order valence-corrected chi connectivity index (χ1v) is 6.13. The van der Waals surface area contributed by atoms with Crippen LogP contribution in [0.25, 0.3) is 0 Å². The van der Waals surface area contributed by atoms with E-state index in [2.05, 4.69) is 30.4 Å². The molecule has 2 fully saturated rings. The average Bonchev–Trinajstić information content (AvgIpc) is 2.80. The van der Waals surface area contributed by atoms with Crippen LogP contribution in [0.15, 0.2) is 30.4 Å². The molecule has 1 nitrogen and oxygen atoms in total. The molecule has 0 amide bonds. The Hall–Kier alpha value is -1.55. The zero-order chi connectivity index (χ0) is 10.4. The second-order valence-electron chi connectivity index (χ2n) is 5.67. The van der Waals surface area contributed by atoms with E-state index in [0.717, 1.165) is 41.1 Å². The average molecular weight is 205 g/mol. The molecule has 0 aromatic heterocycles. The van der Waals surface area contributed by atoms with Gasteiger partial charge in [0, 0.05) is 0 Å². The molecule has 1 aromatic rings. The Morgan fingerprint density at radius 2 is 1.88 bits per heavy atom. The van der Waals surface area contributed by atoms with E-state index in [4.69, 9.17) is 0 Å². The molecule has 0 aliphatic heterocycles. The number of hydrogen-bond acceptors (Lipinski definition) is 1. The van der Waals surface area contributed by atoms with Crippen LogP contribution < -0.4 is 0 Å². The fourth-order valence-corrected chi connectivity index (χ4v) is 4.83. The number of fused-ring (bicyclic) bond motifs is 7. The molecule has 1 aromatic carbocycles. The molecule has 0 spiro atoms. The molecule has 76 valence electrons. The molecule has 0 bridgehead atoms. The molecule has 0 N–H and O–H groups in total. The zero-order valence-corrected chi connectivity index (χ0v) is 8.80. The van der Waals surface area contributed by atoms with Crippen molar-refractivity contribution in [3.63, 3.8) is 0 Å². The molecule has 4 aliphatic rings. The van der Waals surface area contributed by atoms with Crippen molar-refractivity contribution in [3.8, 4) is 6.07 Å². The van der Waals surface area contributed by atoms with Gasteiger partial charge in [-0.15, -0.1) is 0 Å². The van der Waals surface area contributed by atoms with Crippen molar-refractivity contribution in [2.45, 2.75) is 11.8 Å². The Bertz CT molecular complexity index is 592. The van der Waals surface area contributed by atoms with Crippen LogP contribution in [-0.2, 0) is 0 Å². The van der Waals surface area contributed by atoms with Crippen LogP contribution in [0.3, 0.4) is 0 Å². The summed E-state index contributed by atoms with van der Waals surface area (Å²) in [4.78, 5) is 0. The summed E-state index contributed by atoms with van der Waals surface area (Å²) in [6.07, 6.45) is 4.80. The quantitative estimate of drug-likeness (QED) is 0.597. The van der Waals surface area contributed by atoms with E-state index in [1.807, 2.05) is 6.07 Å². The highest BCUT2D eigenvalue weighted by Gasteiger charge is 2.72. The molecule has 0 saturated heterocycles. The highest BCUT2D eigenvalue weighted by molar-refractivity contribution is 5.59. The van der Waals surface area contributed by atoms with Crippen LogP contribution in [0.4, 0.5) is 0 Å². The molecule has 0 unspecified atom stereocenters. The van der Waals surface area contributed by atoms with Gasteiger partial charge in [0.2, 0.25) is 0 Å². The van der Waals surface area contributed by atoms with Gasteiger partial charge in [-0.25, -0.2) is 0 Å². The Labute approximate surface area is 94.4 Å².